The van der Waals surface area contributed by atoms with Crippen LogP contribution in [0.5, 0.6) is 11.5 Å². The van der Waals surface area contributed by atoms with Gasteiger partial charge in [0.25, 0.3) is 5.91 Å². The molecule has 0 radical (unpaired) electrons. The van der Waals surface area contributed by atoms with Crippen molar-refractivity contribution in [3.8, 4) is 11.5 Å². The average molecular weight is 479 g/mol. The van der Waals surface area contributed by atoms with E-state index in [0.29, 0.717) is 26.2 Å². The van der Waals surface area contributed by atoms with Crippen molar-refractivity contribution in [2.24, 2.45) is 4.99 Å². The first-order chi connectivity index (χ1) is 14.6. The van der Waals surface area contributed by atoms with Crippen molar-refractivity contribution in [3.63, 3.8) is 0 Å². The lowest BCUT2D eigenvalue weighted by Crippen LogP contribution is -2.18. The van der Waals surface area contributed by atoms with Crippen LogP contribution in [-0.4, -0.2) is 36.7 Å². The van der Waals surface area contributed by atoms with Crippen molar-refractivity contribution in [2.75, 3.05) is 26.2 Å². The number of carbonyl (C=O) groups excluding carboxylic acids is 1. The van der Waals surface area contributed by atoms with Crippen LogP contribution in [0, 0.1) is 0 Å². The predicted molar refractivity (Wildman–Crippen MR) is 128 cm³/mol. The van der Waals surface area contributed by atoms with Crippen LogP contribution in [0.15, 0.2) is 41.4 Å². The van der Waals surface area contributed by atoms with E-state index < -0.39 is 0 Å². The Morgan fingerprint density at radius 2 is 1.87 bits per heavy atom. The van der Waals surface area contributed by atoms with E-state index in [0.717, 1.165) is 32.6 Å². The molecule has 5 nitrogen and oxygen atoms in total. The fourth-order valence-electron chi connectivity index (χ4n) is 3.17. The molecule has 0 spiro atoms. The van der Waals surface area contributed by atoms with Crippen LogP contribution in [0.3, 0.4) is 0 Å². The van der Waals surface area contributed by atoms with E-state index in [1.807, 2.05) is 36.4 Å². The number of methoxy groups -OCH3 is 2. The van der Waals surface area contributed by atoms with Gasteiger partial charge in [-0.25, -0.2) is 0 Å². The maximum atomic E-state index is 13.1. The summed E-state index contributed by atoms with van der Waals surface area (Å²) < 4.78 is 14.9. The Labute approximate surface area is 190 Å². The van der Waals surface area contributed by atoms with Crippen molar-refractivity contribution < 1.29 is 14.3 Å². The highest BCUT2D eigenvalue weighted by molar-refractivity contribution is 7.98. The largest absolute Gasteiger partial charge is 0.493 e. The summed E-state index contributed by atoms with van der Waals surface area (Å²) in [6.45, 7) is 0.725. The number of thioether (sulfide) groups is 1. The topological polar surface area (TPSA) is 52.8 Å². The number of fused-ring (bicyclic) bond motifs is 2. The minimum Gasteiger partial charge on any atom is -0.493 e. The fraction of sp³-hybridized carbons (Fsp3) is 0.238. The zero-order chi connectivity index (χ0) is 21.3. The molecule has 4 aromatic rings. The lowest BCUT2D eigenvalue weighted by molar-refractivity contribution is 0.100. The zero-order valence-corrected chi connectivity index (χ0v) is 19.8. The highest BCUT2D eigenvalue weighted by atomic mass is 35.5. The third kappa shape index (κ3) is 3.85. The summed E-state index contributed by atoms with van der Waals surface area (Å²) in [6.07, 6.45) is 2.05. The molecule has 1 amide bonds. The highest BCUT2D eigenvalue weighted by Crippen LogP contribution is 2.36. The number of hydrogen-bond donors (Lipinski definition) is 0. The second-order valence-corrected chi connectivity index (χ2v) is 9.79. The molecule has 0 saturated heterocycles. The standard InChI is InChI=1S/C21H19ClN2O3S3/c1-26-14-10-13-17(11-15(14)27-2)30-21(24(13)8-9-28-3)23-20(25)19-18(22)12-6-4-5-7-16(12)29-19/h4-7,10-11H,8-9H2,1-3H3. The first-order valence-corrected chi connectivity index (χ1v) is 12.5. The summed E-state index contributed by atoms with van der Waals surface area (Å²) in [4.78, 5) is 18.6. The van der Waals surface area contributed by atoms with Gasteiger partial charge in [-0.1, -0.05) is 41.1 Å². The lowest BCUT2D eigenvalue weighted by Gasteiger charge is -2.09. The van der Waals surface area contributed by atoms with Gasteiger partial charge in [0.2, 0.25) is 0 Å². The van der Waals surface area contributed by atoms with Gasteiger partial charge < -0.3 is 14.0 Å². The third-order valence-corrected chi connectivity index (χ3v) is 7.93. The maximum Gasteiger partial charge on any atom is 0.291 e. The van der Waals surface area contributed by atoms with E-state index in [-0.39, 0.29) is 5.91 Å². The number of carbonyl (C=O) groups is 1. The molecule has 0 bridgehead atoms. The van der Waals surface area contributed by atoms with Crippen LogP contribution < -0.4 is 14.3 Å². The predicted octanol–water partition coefficient (Wildman–Crippen LogP) is 5.69. The molecular formula is C21H19ClN2O3S3. The molecule has 0 unspecified atom stereocenters. The summed E-state index contributed by atoms with van der Waals surface area (Å²) in [5.41, 5.74) is 0.959. The van der Waals surface area contributed by atoms with Crippen molar-refractivity contribution >= 4 is 72.2 Å². The average Bonchev–Trinajstić information content (AvgIpc) is 3.28. The van der Waals surface area contributed by atoms with Crippen LogP contribution in [0.25, 0.3) is 20.3 Å². The van der Waals surface area contributed by atoms with Gasteiger partial charge in [-0.15, -0.1) is 11.3 Å². The van der Waals surface area contributed by atoms with Crippen LogP contribution in [0.2, 0.25) is 5.02 Å². The van der Waals surface area contributed by atoms with E-state index in [1.165, 1.54) is 22.7 Å². The first kappa shape index (κ1) is 21.2. The number of thiazole rings is 1. The molecule has 0 aliphatic heterocycles. The van der Waals surface area contributed by atoms with Crippen LogP contribution in [0.4, 0.5) is 0 Å². The summed E-state index contributed by atoms with van der Waals surface area (Å²) >= 11 is 11.0. The van der Waals surface area contributed by atoms with E-state index in [2.05, 4.69) is 15.8 Å². The van der Waals surface area contributed by atoms with Crippen LogP contribution in [0.1, 0.15) is 9.67 Å². The molecule has 0 saturated carbocycles. The number of rotatable bonds is 6. The summed E-state index contributed by atoms with van der Waals surface area (Å²) in [7, 11) is 3.22. The summed E-state index contributed by atoms with van der Waals surface area (Å²) in [5, 5.41) is 1.34. The zero-order valence-electron chi connectivity index (χ0n) is 16.6. The van der Waals surface area contributed by atoms with Crippen LogP contribution >= 0.6 is 46.0 Å². The Kier molecular flexibility index (Phi) is 6.38. The number of thiophene rings is 1. The molecule has 2 heterocycles. The second kappa shape index (κ2) is 9.01. The Morgan fingerprint density at radius 1 is 1.13 bits per heavy atom. The van der Waals surface area contributed by atoms with E-state index >= 15 is 0 Å². The molecule has 2 aromatic heterocycles. The molecular weight excluding hydrogens is 460 g/mol. The number of hydrogen-bond acceptors (Lipinski definition) is 6. The minimum atomic E-state index is -0.329. The minimum absolute atomic E-state index is 0.329. The van der Waals surface area contributed by atoms with Crippen LogP contribution in [-0.2, 0) is 6.54 Å². The number of amides is 1. The Morgan fingerprint density at radius 3 is 2.57 bits per heavy atom. The van der Waals surface area contributed by atoms with Gasteiger partial charge >= 0.3 is 0 Å². The van der Waals surface area contributed by atoms with Crippen molar-refractivity contribution in [1.82, 2.24) is 4.57 Å². The number of aromatic nitrogens is 1. The van der Waals surface area contributed by atoms with E-state index in [9.17, 15) is 4.79 Å². The van der Waals surface area contributed by atoms with E-state index in [4.69, 9.17) is 21.1 Å². The molecule has 0 atom stereocenters. The first-order valence-electron chi connectivity index (χ1n) is 9.07. The SMILES string of the molecule is COc1cc2sc(=NC(=O)c3sc4ccccc4c3Cl)n(CCSC)c2cc1OC. The molecule has 0 aliphatic carbocycles. The third-order valence-electron chi connectivity index (χ3n) is 4.63. The van der Waals surface area contributed by atoms with Gasteiger partial charge in [-0.05, 0) is 12.3 Å². The summed E-state index contributed by atoms with van der Waals surface area (Å²) in [5.74, 6) is 1.86. The molecule has 0 aliphatic rings. The van der Waals surface area contributed by atoms with Crippen molar-refractivity contribution in [3.05, 3.63) is 51.1 Å². The molecule has 0 N–H and O–H groups in total. The molecule has 30 heavy (non-hydrogen) atoms. The molecule has 0 fully saturated rings. The number of halogens is 1. The number of benzene rings is 2. The Balaban J connectivity index is 1.88. The quantitative estimate of drug-likeness (QED) is 0.357. The fourth-order valence-corrected chi connectivity index (χ4v) is 6.00. The van der Waals surface area contributed by atoms with Crippen molar-refractivity contribution in [2.45, 2.75) is 6.54 Å². The molecule has 4 rings (SSSR count). The smallest absolute Gasteiger partial charge is 0.291 e. The normalized spacial score (nSPS) is 12.1. The van der Waals surface area contributed by atoms with Crippen molar-refractivity contribution in [1.29, 1.82) is 0 Å². The van der Waals surface area contributed by atoms with Gasteiger partial charge in [0.05, 0.1) is 29.5 Å². The number of ether oxygens (including phenoxy) is 2. The summed E-state index contributed by atoms with van der Waals surface area (Å²) in [6, 6.07) is 11.6. The van der Waals surface area contributed by atoms with Gasteiger partial charge in [-0.2, -0.15) is 16.8 Å². The highest BCUT2D eigenvalue weighted by Gasteiger charge is 2.18. The lowest BCUT2D eigenvalue weighted by atomic mass is 10.2. The van der Waals surface area contributed by atoms with Gasteiger partial charge in [-0.3, -0.25) is 4.79 Å². The maximum absolute atomic E-state index is 13.1. The Hall–Kier alpha value is -2.00. The molecule has 156 valence electrons. The number of nitrogens with zero attached hydrogens (tertiary/aromatic N) is 2. The second-order valence-electron chi connectivity index (χ2n) is 6.36. The number of aryl methyl sites for hydroxylation is 1. The monoisotopic (exact) mass is 478 g/mol. The molecule has 9 heteroatoms. The van der Waals surface area contributed by atoms with Gasteiger partial charge in [0, 0.05) is 34.5 Å². The van der Waals surface area contributed by atoms with Gasteiger partial charge in [0.1, 0.15) is 4.88 Å². The Bertz CT molecular complexity index is 1310. The van der Waals surface area contributed by atoms with Gasteiger partial charge in [0.15, 0.2) is 16.3 Å². The molecule has 2 aromatic carbocycles. The van der Waals surface area contributed by atoms with E-state index in [1.54, 1.807) is 26.0 Å².